The van der Waals surface area contributed by atoms with Crippen LogP contribution in [0, 0.1) is 6.92 Å². The summed E-state index contributed by atoms with van der Waals surface area (Å²) in [5, 5.41) is 6.81. The molecule has 6 nitrogen and oxygen atoms in total. The van der Waals surface area contributed by atoms with Crippen LogP contribution < -0.4 is 9.73 Å². The highest BCUT2D eigenvalue weighted by atomic mass is 35.5. The van der Waals surface area contributed by atoms with Crippen LogP contribution in [0.4, 0.5) is 5.69 Å². The number of sulfonamides is 1. The third kappa shape index (κ3) is 4.43. The molecular formula is C23H22ClN3O3S. The molecule has 0 saturated heterocycles. The number of aryl methyl sites for hydroxylation is 3. The molecule has 0 fully saturated rings. The van der Waals surface area contributed by atoms with E-state index in [1.54, 1.807) is 25.3 Å². The zero-order valence-electron chi connectivity index (χ0n) is 17.2. The van der Waals surface area contributed by atoms with E-state index in [0.29, 0.717) is 16.3 Å². The molecule has 0 radical (unpaired) electrons. The van der Waals surface area contributed by atoms with E-state index in [0.717, 1.165) is 34.4 Å². The Balaban J connectivity index is 1.53. The van der Waals surface area contributed by atoms with E-state index in [1.165, 1.54) is 22.6 Å². The second-order valence-corrected chi connectivity index (χ2v) is 9.99. The molecule has 31 heavy (non-hydrogen) atoms. The van der Waals surface area contributed by atoms with E-state index in [4.69, 9.17) is 11.6 Å². The van der Waals surface area contributed by atoms with E-state index < -0.39 is 22.5 Å². The Bertz CT molecular complexity index is 1310. The van der Waals surface area contributed by atoms with Crippen molar-refractivity contribution in [3.63, 3.8) is 0 Å². The molecule has 4 rings (SSSR count). The molecule has 160 valence electrons. The largest absolute Gasteiger partial charge is 0.271 e. The van der Waals surface area contributed by atoms with Crippen molar-refractivity contribution in [3.05, 3.63) is 75.8 Å². The molecule has 1 amide bonds. The zero-order chi connectivity index (χ0) is 22.2. The SMILES string of the molecule is Cc1ccc(Cl)cc1N(CC(=O)N/N=C\c1ccc2c3c(cccc13)CC2)S(C)(=O)=O. The molecule has 3 aromatic rings. The number of nitrogens with one attached hydrogen (secondary N) is 1. The van der Waals surface area contributed by atoms with Gasteiger partial charge in [0.05, 0.1) is 18.2 Å². The van der Waals surface area contributed by atoms with Crippen LogP contribution in [0.5, 0.6) is 0 Å². The van der Waals surface area contributed by atoms with Gasteiger partial charge in [0.2, 0.25) is 10.0 Å². The van der Waals surface area contributed by atoms with Crippen molar-refractivity contribution in [2.24, 2.45) is 5.10 Å². The molecule has 8 heteroatoms. The molecule has 1 aliphatic carbocycles. The van der Waals surface area contributed by atoms with Crippen molar-refractivity contribution < 1.29 is 13.2 Å². The molecule has 0 spiro atoms. The fourth-order valence-electron chi connectivity index (χ4n) is 3.95. The van der Waals surface area contributed by atoms with Gasteiger partial charge >= 0.3 is 0 Å². The van der Waals surface area contributed by atoms with E-state index >= 15 is 0 Å². The maximum Gasteiger partial charge on any atom is 0.260 e. The van der Waals surface area contributed by atoms with Gasteiger partial charge in [-0.25, -0.2) is 13.8 Å². The Morgan fingerprint density at radius 2 is 1.90 bits per heavy atom. The van der Waals surface area contributed by atoms with Crippen molar-refractivity contribution in [1.82, 2.24) is 5.43 Å². The van der Waals surface area contributed by atoms with Gasteiger partial charge in [-0.1, -0.05) is 48.0 Å². The lowest BCUT2D eigenvalue weighted by Gasteiger charge is -2.23. The topological polar surface area (TPSA) is 78.8 Å². The Hall–Kier alpha value is -2.90. The van der Waals surface area contributed by atoms with Gasteiger partial charge < -0.3 is 0 Å². The number of benzene rings is 3. The minimum absolute atomic E-state index is 0.363. The van der Waals surface area contributed by atoms with E-state index in [2.05, 4.69) is 22.7 Å². The number of anilines is 1. The fourth-order valence-corrected chi connectivity index (χ4v) is 5.03. The molecule has 0 atom stereocenters. The van der Waals surface area contributed by atoms with Crippen LogP contribution in [0.1, 0.15) is 22.3 Å². The Morgan fingerprint density at radius 3 is 2.65 bits per heavy atom. The number of hydrogen-bond acceptors (Lipinski definition) is 4. The number of rotatable bonds is 6. The summed E-state index contributed by atoms with van der Waals surface area (Å²) < 4.78 is 25.6. The average molecular weight is 456 g/mol. The summed E-state index contributed by atoms with van der Waals surface area (Å²) in [6, 6.07) is 15.2. The summed E-state index contributed by atoms with van der Waals surface area (Å²) in [5.41, 5.74) is 7.04. The van der Waals surface area contributed by atoms with Crippen molar-refractivity contribution in [1.29, 1.82) is 0 Å². The highest BCUT2D eigenvalue weighted by molar-refractivity contribution is 7.92. The molecule has 0 bridgehead atoms. The molecule has 0 unspecified atom stereocenters. The molecule has 0 saturated carbocycles. The standard InChI is InChI=1S/C23H22ClN3O3S/c1-15-6-11-19(24)12-21(15)27(31(2,29)30)14-22(28)26-25-13-18-10-9-17-8-7-16-4-3-5-20(18)23(16)17/h3-6,9-13H,7-8,14H2,1-2H3,(H,26,28)/b25-13-. The summed E-state index contributed by atoms with van der Waals surface area (Å²) in [4.78, 5) is 12.5. The van der Waals surface area contributed by atoms with Crippen molar-refractivity contribution in [2.45, 2.75) is 19.8 Å². The number of hydrogen-bond donors (Lipinski definition) is 1. The fraction of sp³-hybridized carbons (Fsp3) is 0.217. The van der Waals surface area contributed by atoms with Gasteiger partial charge in [0.1, 0.15) is 6.54 Å². The predicted octanol–water partition coefficient (Wildman–Crippen LogP) is 3.82. The maximum absolute atomic E-state index is 12.5. The number of carbonyl (C=O) groups excluding carboxylic acids is 1. The second kappa shape index (κ2) is 8.32. The summed E-state index contributed by atoms with van der Waals surface area (Å²) in [7, 11) is -3.70. The molecule has 0 heterocycles. The van der Waals surface area contributed by atoms with Crippen LogP contribution >= 0.6 is 11.6 Å². The molecule has 0 aromatic heterocycles. The van der Waals surface area contributed by atoms with Gasteiger partial charge in [-0.15, -0.1) is 0 Å². The van der Waals surface area contributed by atoms with Gasteiger partial charge in [0.25, 0.3) is 5.91 Å². The van der Waals surface area contributed by atoms with E-state index in [1.807, 2.05) is 18.2 Å². The molecule has 0 aliphatic heterocycles. The number of amides is 1. The zero-order valence-corrected chi connectivity index (χ0v) is 18.8. The predicted molar refractivity (Wildman–Crippen MR) is 125 cm³/mol. The lowest BCUT2D eigenvalue weighted by atomic mass is 10.0. The second-order valence-electron chi connectivity index (χ2n) is 7.65. The van der Waals surface area contributed by atoms with E-state index in [9.17, 15) is 13.2 Å². The maximum atomic E-state index is 12.5. The Kier molecular flexibility index (Phi) is 5.73. The van der Waals surface area contributed by atoms with Crippen LogP contribution in [0.25, 0.3) is 10.8 Å². The number of carbonyl (C=O) groups is 1. The summed E-state index contributed by atoms with van der Waals surface area (Å²) in [6.45, 7) is 1.36. The summed E-state index contributed by atoms with van der Waals surface area (Å²) in [6.07, 6.45) is 4.72. The Morgan fingerprint density at radius 1 is 1.16 bits per heavy atom. The lowest BCUT2D eigenvalue weighted by Crippen LogP contribution is -2.39. The van der Waals surface area contributed by atoms with Crippen LogP contribution in [0.2, 0.25) is 5.02 Å². The Labute approximate surface area is 186 Å². The first-order valence-electron chi connectivity index (χ1n) is 9.83. The van der Waals surface area contributed by atoms with Crippen molar-refractivity contribution in [2.75, 3.05) is 17.1 Å². The van der Waals surface area contributed by atoms with Gasteiger partial charge in [-0.05, 0) is 59.4 Å². The number of hydrazone groups is 1. The third-order valence-electron chi connectivity index (χ3n) is 5.43. The van der Waals surface area contributed by atoms with Crippen LogP contribution in [0.3, 0.4) is 0 Å². The van der Waals surface area contributed by atoms with Gasteiger partial charge in [-0.2, -0.15) is 5.10 Å². The minimum Gasteiger partial charge on any atom is -0.271 e. The quantitative estimate of drug-likeness (QED) is 0.453. The summed E-state index contributed by atoms with van der Waals surface area (Å²) >= 11 is 6.03. The van der Waals surface area contributed by atoms with Crippen LogP contribution in [-0.2, 0) is 27.7 Å². The van der Waals surface area contributed by atoms with Crippen molar-refractivity contribution in [3.8, 4) is 0 Å². The highest BCUT2D eigenvalue weighted by Gasteiger charge is 2.22. The molecule has 1 aliphatic rings. The monoisotopic (exact) mass is 455 g/mol. The molecule has 1 N–H and O–H groups in total. The van der Waals surface area contributed by atoms with E-state index in [-0.39, 0.29) is 0 Å². The first kappa shape index (κ1) is 21.3. The first-order valence-corrected chi connectivity index (χ1v) is 12.1. The van der Waals surface area contributed by atoms with Gasteiger partial charge in [0.15, 0.2) is 0 Å². The van der Waals surface area contributed by atoms with Gasteiger partial charge in [-0.3, -0.25) is 9.10 Å². The highest BCUT2D eigenvalue weighted by Crippen LogP contribution is 2.32. The average Bonchev–Trinajstić information content (AvgIpc) is 3.14. The van der Waals surface area contributed by atoms with Crippen molar-refractivity contribution >= 4 is 50.2 Å². The molecule has 3 aromatic carbocycles. The van der Waals surface area contributed by atoms with Crippen LogP contribution in [0.15, 0.2) is 53.6 Å². The third-order valence-corrected chi connectivity index (χ3v) is 6.79. The summed E-state index contributed by atoms with van der Waals surface area (Å²) in [5.74, 6) is -0.549. The lowest BCUT2D eigenvalue weighted by molar-refractivity contribution is -0.119. The minimum atomic E-state index is -3.70. The first-order chi connectivity index (χ1) is 14.7. The normalized spacial score (nSPS) is 13.1. The van der Waals surface area contributed by atoms with Crippen LogP contribution in [-0.4, -0.2) is 33.3 Å². The van der Waals surface area contributed by atoms with Gasteiger partial charge in [0, 0.05) is 10.6 Å². The number of halogens is 1. The smallest absolute Gasteiger partial charge is 0.260 e. The molecular weight excluding hydrogens is 434 g/mol. The number of nitrogens with zero attached hydrogens (tertiary/aromatic N) is 2.